The minimum absolute atomic E-state index is 0.0592. The van der Waals surface area contributed by atoms with Crippen molar-refractivity contribution in [2.24, 2.45) is 0 Å². The summed E-state index contributed by atoms with van der Waals surface area (Å²) in [6.45, 7) is 15.6. The van der Waals surface area contributed by atoms with E-state index in [4.69, 9.17) is 9.47 Å². The van der Waals surface area contributed by atoms with Crippen LogP contribution in [0, 0.1) is 0 Å². The van der Waals surface area contributed by atoms with Gasteiger partial charge in [0.2, 0.25) is 0 Å². The average Bonchev–Trinajstić information content (AvgIpc) is 3.07. The number of hydrogen-bond acceptors (Lipinski definition) is 5. The number of ether oxygens (including phenoxy) is 2. The maximum atomic E-state index is 12.9. The van der Waals surface area contributed by atoms with Crippen molar-refractivity contribution in [3.63, 3.8) is 0 Å². The van der Waals surface area contributed by atoms with Crippen LogP contribution < -0.4 is 9.47 Å². The van der Waals surface area contributed by atoms with E-state index in [-0.39, 0.29) is 5.78 Å². The Morgan fingerprint density at radius 2 is 1.37 bits per heavy atom. The highest BCUT2D eigenvalue weighted by atomic mass is 16.5. The van der Waals surface area contributed by atoms with E-state index in [0.29, 0.717) is 18.8 Å². The summed E-state index contributed by atoms with van der Waals surface area (Å²) in [6, 6.07) is 11.5. The Balaban J connectivity index is 1.78. The predicted molar refractivity (Wildman–Crippen MR) is 122 cm³/mol. The zero-order valence-corrected chi connectivity index (χ0v) is 18.7. The van der Waals surface area contributed by atoms with E-state index in [1.165, 1.54) is 0 Å². The van der Waals surface area contributed by atoms with Crippen molar-refractivity contribution in [2.45, 2.75) is 27.7 Å². The second-order valence-corrected chi connectivity index (χ2v) is 7.47. The van der Waals surface area contributed by atoms with Crippen molar-refractivity contribution in [3.05, 3.63) is 47.5 Å². The van der Waals surface area contributed by atoms with Gasteiger partial charge in [-0.05, 0) is 50.4 Å². The molecular weight excluding hydrogens is 376 g/mol. The molecule has 0 aliphatic heterocycles. The van der Waals surface area contributed by atoms with Gasteiger partial charge < -0.3 is 19.3 Å². The van der Waals surface area contributed by atoms with Crippen LogP contribution in [0.25, 0.3) is 11.1 Å². The Morgan fingerprint density at radius 3 is 2.00 bits per heavy atom. The van der Waals surface area contributed by atoms with Crippen molar-refractivity contribution in [2.75, 3.05) is 52.5 Å². The molecule has 0 radical (unpaired) electrons. The molecule has 0 amide bonds. The molecule has 1 aliphatic rings. The fourth-order valence-electron chi connectivity index (χ4n) is 3.94. The molecular formula is C25H34N2O3. The summed E-state index contributed by atoms with van der Waals surface area (Å²) >= 11 is 0. The van der Waals surface area contributed by atoms with E-state index in [9.17, 15) is 4.79 Å². The Morgan fingerprint density at radius 1 is 0.733 bits per heavy atom. The smallest absolute Gasteiger partial charge is 0.194 e. The molecule has 0 unspecified atom stereocenters. The number of benzene rings is 2. The highest BCUT2D eigenvalue weighted by molar-refractivity contribution is 6.22. The first-order valence-electron chi connectivity index (χ1n) is 11.1. The van der Waals surface area contributed by atoms with E-state index >= 15 is 0 Å². The monoisotopic (exact) mass is 410 g/mol. The third-order valence-corrected chi connectivity index (χ3v) is 5.91. The molecule has 162 valence electrons. The molecule has 3 rings (SSSR count). The van der Waals surface area contributed by atoms with Crippen LogP contribution in [0.3, 0.4) is 0 Å². The number of carbonyl (C=O) groups excluding carboxylic acids is 1. The second-order valence-electron chi connectivity index (χ2n) is 7.47. The molecule has 0 spiro atoms. The topological polar surface area (TPSA) is 42.0 Å². The average molecular weight is 411 g/mol. The van der Waals surface area contributed by atoms with Crippen LogP contribution in [0.15, 0.2) is 36.4 Å². The summed E-state index contributed by atoms with van der Waals surface area (Å²) in [6.07, 6.45) is 0. The van der Waals surface area contributed by atoms with E-state index in [2.05, 4.69) is 37.5 Å². The number of likely N-dealkylation sites (N-methyl/N-ethyl adjacent to an activating group) is 2. The van der Waals surface area contributed by atoms with Crippen molar-refractivity contribution >= 4 is 5.78 Å². The maximum Gasteiger partial charge on any atom is 0.194 e. The quantitative estimate of drug-likeness (QED) is 0.444. The van der Waals surface area contributed by atoms with E-state index in [1.54, 1.807) is 0 Å². The molecule has 0 heterocycles. The molecule has 0 atom stereocenters. The molecule has 0 saturated carbocycles. The Bertz CT molecular complexity index is 857. The maximum absolute atomic E-state index is 12.9. The minimum Gasteiger partial charge on any atom is -0.492 e. The van der Waals surface area contributed by atoms with Crippen LogP contribution in [0.2, 0.25) is 0 Å². The molecule has 0 fully saturated rings. The lowest BCUT2D eigenvalue weighted by Crippen LogP contribution is -2.28. The zero-order chi connectivity index (χ0) is 21.5. The van der Waals surface area contributed by atoms with Crippen LogP contribution >= 0.6 is 0 Å². The third kappa shape index (κ3) is 4.85. The summed E-state index contributed by atoms with van der Waals surface area (Å²) in [7, 11) is 0. The number of fused-ring (bicyclic) bond motifs is 3. The van der Waals surface area contributed by atoms with E-state index in [0.717, 1.165) is 67.5 Å². The fraction of sp³-hybridized carbons (Fsp3) is 0.480. The highest BCUT2D eigenvalue weighted by Gasteiger charge is 2.30. The lowest BCUT2D eigenvalue weighted by molar-refractivity contribution is 0.104. The van der Waals surface area contributed by atoms with Gasteiger partial charge in [-0.1, -0.05) is 39.8 Å². The first kappa shape index (κ1) is 22.3. The van der Waals surface area contributed by atoms with Gasteiger partial charge in [-0.3, -0.25) is 4.79 Å². The predicted octanol–water partition coefficient (Wildman–Crippen LogP) is 4.34. The molecule has 0 N–H and O–H groups in total. The van der Waals surface area contributed by atoms with Gasteiger partial charge in [0.1, 0.15) is 24.7 Å². The molecule has 5 heteroatoms. The number of rotatable bonds is 12. The van der Waals surface area contributed by atoms with Crippen LogP contribution in [-0.4, -0.2) is 68.1 Å². The minimum atomic E-state index is 0.0592. The van der Waals surface area contributed by atoms with E-state index in [1.807, 2.05) is 36.4 Å². The van der Waals surface area contributed by atoms with E-state index < -0.39 is 0 Å². The molecule has 0 saturated heterocycles. The summed E-state index contributed by atoms with van der Waals surface area (Å²) in [5.74, 6) is 1.62. The highest BCUT2D eigenvalue weighted by Crippen LogP contribution is 2.43. The first-order valence-corrected chi connectivity index (χ1v) is 11.1. The van der Waals surface area contributed by atoms with Gasteiger partial charge in [0, 0.05) is 35.3 Å². The SMILES string of the molecule is CCN(CC)CCOc1ccc2c(c1)-c1c(OCCN(CC)CC)cccc1C2=O. The molecule has 2 aromatic carbocycles. The zero-order valence-electron chi connectivity index (χ0n) is 18.7. The summed E-state index contributed by atoms with van der Waals surface area (Å²) < 4.78 is 12.1. The van der Waals surface area contributed by atoms with Gasteiger partial charge in [0.05, 0.1) is 0 Å². The van der Waals surface area contributed by atoms with Crippen molar-refractivity contribution < 1.29 is 14.3 Å². The van der Waals surface area contributed by atoms with Crippen LogP contribution in [0.1, 0.15) is 43.6 Å². The summed E-state index contributed by atoms with van der Waals surface area (Å²) in [5.41, 5.74) is 3.24. The Labute approximate surface area is 180 Å². The fourth-order valence-corrected chi connectivity index (χ4v) is 3.94. The molecule has 30 heavy (non-hydrogen) atoms. The van der Waals surface area contributed by atoms with Crippen molar-refractivity contribution in [1.29, 1.82) is 0 Å². The second kappa shape index (κ2) is 10.6. The molecule has 2 aromatic rings. The number of carbonyl (C=O) groups is 1. The van der Waals surface area contributed by atoms with Gasteiger partial charge in [-0.15, -0.1) is 0 Å². The van der Waals surface area contributed by atoms with Gasteiger partial charge >= 0.3 is 0 Å². The normalized spacial score (nSPS) is 12.4. The third-order valence-electron chi connectivity index (χ3n) is 5.91. The van der Waals surface area contributed by atoms with Crippen LogP contribution in [-0.2, 0) is 0 Å². The van der Waals surface area contributed by atoms with Crippen molar-refractivity contribution in [3.8, 4) is 22.6 Å². The molecule has 1 aliphatic carbocycles. The number of nitrogens with zero attached hydrogens (tertiary/aromatic N) is 2. The largest absolute Gasteiger partial charge is 0.492 e. The summed E-state index contributed by atoms with van der Waals surface area (Å²) in [4.78, 5) is 17.5. The van der Waals surface area contributed by atoms with Gasteiger partial charge in [0.25, 0.3) is 0 Å². The Kier molecular flexibility index (Phi) is 7.88. The van der Waals surface area contributed by atoms with Gasteiger partial charge in [-0.2, -0.15) is 0 Å². The van der Waals surface area contributed by atoms with Crippen LogP contribution in [0.5, 0.6) is 11.5 Å². The lowest BCUT2D eigenvalue weighted by Gasteiger charge is -2.19. The molecule has 0 bridgehead atoms. The summed E-state index contributed by atoms with van der Waals surface area (Å²) in [5, 5.41) is 0. The molecule has 0 aromatic heterocycles. The lowest BCUT2D eigenvalue weighted by atomic mass is 10.0. The van der Waals surface area contributed by atoms with Gasteiger partial charge in [-0.25, -0.2) is 0 Å². The standard InChI is InChI=1S/C25H34N2O3/c1-5-26(6-2)14-16-29-19-12-13-20-22(18-19)24-21(25(20)28)10-9-11-23(24)30-17-15-27(7-3)8-4/h9-13,18H,5-8,14-17H2,1-4H3. The number of ketones is 1. The Hall–Kier alpha value is -2.37. The number of hydrogen-bond donors (Lipinski definition) is 0. The van der Waals surface area contributed by atoms with Gasteiger partial charge in [0.15, 0.2) is 5.78 Å². The van der Waals surface area contributed by atoms with Crippen molar-refractivity contribution in [1.82, 2.24) is 9.80 Å². The molecule has 5 nitrogen and oxygen atoms in total. The van der Waals surface area contributed by atoms with Crippen LogP contribution in [0.4, 0.5) is 0 Å². The first-order chi connectivity index (χ1) is 14.6.